The monoisotopic (exact) mass is 339 g/mol. The van der Waals surface area contributed by atoms with Crippen LogP contribution in [0.3, 0.4) is 0 Å². The maximum atomic E-state index is 12.1. The van der Waals surface area contributed by atoms with Crippen LogP contribution in [0.15, 0.2) is 48.7 Å². The summed E-state index contributed by atoms with van der Waals surface area (Å²) in [6.07, 6.45) is 2.14. The lowest BCUT2D eigenvalue weighted by Crippen LogP contribution is -2.24. The molecule has 1 aromatic heterocycles. The van der Waals surface area contributed by atoms with Crippen LogP contribution in [-0.2, 0) is 17.9 Å². The predicted octanol–water partition coefficient (Wildman–Crippen LogP) is 2.76. The second-order valence-corrected chi connectivity index (χ2v) is 5.63. The third-order valence-corrected chi connectivity index (χ3v) is 4.07. The highest BCUT2D eigenvalue weighted by molar-refractivity contribution is 5.80. The number of benzene rings is 2. The molecule has 1 N–H and O–H groups in total. The lowest BCUT2D eigenvalue weighted by Gasteiger charge is -2.10. The van der Waals surface area contributed by atoms with Crippen molar-refractivity contribution in [1.29, 1.82) is 0 Å². The van der Waals surface area contributed by atoms with E-state index >= 15 is 0 Å². The normalized spacial score (nSPS) is 10.6. The van der Waals surface area contributed by atoms with Crippen LogP contribution >= 0.6 is 0 Å². The van der Waals surface area contributed by atoms with Gasteiger partial charge in [0, 0.05) is 23.9 Å². The number of aromatic nitrogens is 2. The fraction of sp³-hybridized carbons (Fsp3) is 0.263. The van der Waals surface area contributed by atoms with Gasteiger partial charge in [0.2, 0.25) is 5.91 Å². The van der Waals surface area contributed by atoms with Crippen LogP contribution in [0.5, 0.6) is 11.5 Å². The molecular formula is C19H21N3O3. The Kier molecular flexibility index (Phi) is 5.18. The Morgan fingerprint density at radius 2 is 2.00 bits per heavy atom. The minimum atomic E-state index is -0.0249. The Hall–Kier alpha value is -3.02. The molecule has 0 saturated carbocycles. The highest BCUT2D eigenvalue weighted by atomic mass is 16.5. The summed E-state index contributed by atoms with van der Waals surface area (Å²) in [5, 5.41) is 8.27. The fourth-order valence-electron chi connectivity index (χ4n) is 2.71. The molecule has 6 nitrogen and oxygen atoms in total. The van der Waals surface area contributed by atoms with Gasteiger partial charge in [-0.3, -0.25) is 9.48 Å². The summed E-state index contributed by atoms with van der Waals surface area (Å²) < 4.78 is 12.3. The summed E-state index contributed by atoms with van der Waals surface area (Å²) in [7, 11) is 3.26. The van der Waals surface area contributed by atoms with Gasteiger partial charge in [-0.1, -0.05) is 18.2 Å². The first kappa shape index (κ1) is 16.8. The number of hydrogen-bond donors (Lipinski definition) is 1. The lowest BCUT2D eigenvalue weighted by atomic mass is 10.2. The Labute approximate surface area is 146 Å². The largest absolute Gasteiger partial charge is 0.497 e. The van der Waals surface area contributed by atoms with Crippen LogP contribution < -0.4 is 14.8 Å². The van der Waals surface area contributed by atoms with Crippen molar-refractivity contribution in [1.82, 2.24) is 15.1 Å². The molecule has 130 valence electrons. The molecule has 0 fully saturated rings. The van der Waals surface area contributed by atoms with Crippen LogP contribution in [0.2, 0.25) is 0 Å². The molecule has 25 heavy (non-hydrogen) atoms. The molecule has 0 spiro atoms. The average Bonchev–Trinajstić information content (AvgIpc) is 3.07. The van der Waals surface area contributed by atoms with Crippen LogP contribution in [0.1, 0.15) is 12.0 Å². The van der Waals surface area contributed by atoms with E-state index in [4.69, 9.17) is 9.47 Å². The number of carbonyl (C=O) groups excluding carboxylic acids is 1. The average molecular weight is 339 g/mol. The summed E-state index contributed by atoms with van der Waals surface area (Å²) in [5.41, 5.74) is 1.94. The van der Waals surface area contributed by atoms with Gasteiger partial charge >= 0.3 is 0 Å². The number of fused-ring (bicyclic) bond motifs is 1. The van der Waals surface area contributed by atoms with Crippen LogP contribution in [0, 0.1) is 0 Å². The maximum Gasteiger partial charge on any atom is 0.222 e. The number of rotatable bonds is 7. The second-order valence-electron chi connectivity index (χ2n) is 5.63. The third kappa shape index (κ3) is 3.91. The number of aryl methyl sites for hydroxylation is 1. The Morgan fingerprint density at radius 3 is 2.80 bits per heavy atom. The first-order chi connectivity index (χ1) is 12.2. The minimum absolute atomic E-state index is 0.0249. The molecule has 0 saturated heterocycles. The number of nitrogens with zero attached hydrogens (tertiary/aromatic N) is 2. The van der Waals surface area contributed by atoms with Crippen molar-refractivity contribution in [2.24, 2.45) is 0 Å². The first-order valence-electron chi connectivity index (χ1n) is 8.09. The molecule has 0 atom stereocenters. The molecular weight excluding hydrogens is 318 g/mol. The first-order valence-corrected chi connectivity index (χ1v) is 8.09. The van der Waals surface area contributed by atoms with Gasteiger partial charge in [0.05, 0.1) is 32.5 Å². The molecule has 0 aliphatic heterocycles. The zero-order valence-electron chi connectivity index (χ0n) is 14.4. The second kappa shape index (κ2) is 7.70. The Morgan fingerprint density at radius 1 is 1.16 bits per heavy atom. The minimum Gasteiger partial charge on any atom is -0.497 e. The van der Waals surface area contributed by atoms with E-state index in [1.807, 2.05) is 47.1 Å². The van der Waals surface area contributed by atoms with E-state index in [2.05, 4.69) is 10.4 Å². The number of carbonyl (C=O) groups is 1. The van der Waals surface area contributed by atoms with E-state index < -0.39 is 0 Å². The maximum absolute atomic E-state index is 12.1. The van der Waals surface area contributed by atoms with Crippen LogP contribution in [0.4, 0.5) is 0 Å². The number of hydrogen-bond acceptors (Lipinski definition) is 4. The van der Waals surface area contributed by atoms with Gasteiger partial charge in [-0.05, 0) is 24.3 Å². The van der Waals surface area contributed by atoms with Gasteiger partial charge < -0.3 is 14.8 Å². The zero-order valence-corrected chi connectivity index (χ0v) is 14.4. The topological polar surface area (TPSA) is 65.4 Å². The van der Waals surface area contributed by atoms with Crippen LogP contribution in [0.25, 0.3) is 10.9 Å². The molecule has 2 aromatic carbocycles. The molecule has 1 heterocycles. The number of para-hydroxylation sites is 1. The molecule has 0 radical (unpaired) electrons. The summed E-state index contributed by atoms with van der Waals surface area (Å²) in [4.78, 5) is 12.1. The van der Waals surface area contributed by atoms with E-state index in [0.717, 1.165) is 28.0 Å². The molecule has 0 aliphatic rings. The summed E-state index contributed by atoms with van der Waals surface area (Å²) in [6, 6.07) is 13.4. The molecule has 3 rings (SSSR count). The van der Waals surface area contributed by atoms with Gasteiger partial charge in [0.25, 0.3) is 0 Å². The van der Waals surface area contributed by atoms with E-state index in [-0.39, 0.29) is 5.91 Å². The molecule has 0 bridgehead atoms. The van der Waals surface area contributed by atoms with Crippen molar-refractivity contribution in [3.63, 3.8) is 0 Å². The molecule has 6 heteroatoms. The number of amides is 1. The summed E-state index contributed by atoms with van der Waals surface area (Å²) >= 11 is 0. The zero-order chi connectivity index (χ0) is 17.6. The van der Waals surface area contributed by atoms with E-state index in [1.54, 1.807) is 20.4 Å². The van der Waals surface area contributed by atoms with Gasteiger partial charge in [-0.25, -0.2) is 0 Å². The summed E-state index contributed by atoms with van der Waals surface area (Å²) in [5.74, 6) is 1.54. The quantitative estimate of drug-likeness (QED) is 0.719. The van der Waals surface area contributed by atoms with Crippen molar-refractivity contribution in [3.05, 3.63) is 54.2 Å². The molecule has 3 aromatic rings. The smallest absolute Gasteiger partial charge is 0.222 e. The van der Waals surface area contributed by atoms with E-state index in [1.165, 1.54) is 0 Å². The van der Waals surface area contributed by atoms with Crippen LogP contribution in [-0.4, -0.2) is 29.9 Å². The Balaban J connectivity index is 1.57. The molecule has 1 amide bonds. The third-order valence-electron chi connectivity index (χ3n) is 4.07. The standard InChI is InChI=1S/C19H21N3O3/c1-24-16-7-8-17-15(11-16)13-21-22(17)10-9-19(23)20-12-14-5-3-4-6-18(14)25-2/h3-8,11,13H,9-10,12H2,1-2H3,(H,20,23). The van der Waals surface area contributed by atoms with Gasteiger partial charge in [0.15, 0.2) is 0 Å². The van der Waals surface area contributed by atoms with Crippen molar-refractivity contribution >= 4 is 16.8 Å². The van der Waals surface area contributed by atoms with E-state index in [0.29, 0.717) is 19.5 Å². The highest BCUT2D eigenvalue weighted by Crippen LogP contribution is 2.20. The van der Waals surface area contributed by atoms with E-state index in [9.17, 15) is 4.79 Å². The highest BCUT2D eigenvalue weighted by Gasteiger charge is 2.08. The number of methoxy groups -OCH3 is 2. The van der Waals surface area contributed by atoms with Crippen molar-refractivity contribution < 1.29 is 14.3 Å². The van der Waals surface area contributed by atoms with Gasteiger partial charge in [0.1, 0.15) is 11.5 Å². The van der Waals surface area contributed by atoms with Crippen molar-refractivity contribution in [3.8, 4) is 11.5 Å². The Bertz CT molecular complexity index is 873. The fourth-order valence-corrected chi connectivity index (χ4v) is 2.71. The number of nitrogens with one attached hydrogen (secondary N) is 1. The predicted molar refractivity (Wildman–Crippen MR) is 95.7 cm³/mol. The summed E-state index contributed by atoms with van der Waals surface area (Å²) in [6.45, 7) is 0.966. The van der Waals surface area contributed by atoms with Gasteiger partial charge in [-0.2, -0.15) is 5.10 Å². The van der Waals surface area contributed by atoms with Gasteiger partial charge in [-0.15, -0.1) is 0 Å². The van der Waals surface area contributed by atoms with Crippen molar-refractivity contribution in [2.45, 2.75) is 19.5 Å². The van der Waals surface area contributed by atoms with Crippen molar-refractivity contribution in [2.75, 3.05) is 14.2 Å². The molecule has 0 unspecified atom stereocenters. The lowest BCUT2D eigenvalue weighted by molar-refractivity contribution is -0.121. The number of ether oxygens (including phenoxy) is 2. The molecule has 0 aliphatic carbocycles. The SMILES string of the molecule is COc1ccc2c(cnn2CCC(=O)NCc2ccccc2OC)c1.